The number of nitrogens with zero attached hydrogens (tertiary/aromatic N) is 1. The summed E-state index contributed by atoms with van der Waals surface area (Å²) in [6, 6.07) is 3.78. The molecule has 2 fully saturated rings. The molecule has 3 unspecified atom stereocenters. The monoisotopic (exact) mass is 323 g/mol. The van der Waals surface area contributed by atoms with E-state index in [9.17, 15) is 18.4 Å². The van der Waals surface area contributed by atoms with E-state index in [2.05, 4.69) is 0 Å². The molecule has 6 heteroatoms. The van der Waals surface area contributed by atoms with Gasteiger partial charge in [0.2, 0.25) is 5.91 Å². The van der Waals surface area contributed by atoms with E-state index in [1.165, 1.54) is 18.2 Å². The molecule has 2 aliphatic carbocycles. The van der Waals surface area contributed by atoms with Crippen molar-refractivity contribution in [1.29, 1.82) is 0 Å². The number of benzene rings is 1. The van der Waals surface area contributed by atoms with Crippen LogP contribution in [0.25, 0.3) is 0 Å². The van der Waals surface area contributed by atoms with Crippen molar-refractivity contribution in [2.75, 3.05) is 6.54 Å². The van der Waals surface area contributed by atoms with Gasteiger partial charge in [-0.3, -0.25) is 9.59 Å². The lowest BCUT2D eigenvalue weighted by Crippen LogP contribution is -2.39. The van der Waals surface area contributed by atoms with Crippen LogP contribution in [0.4, 0.5) is 8.78 Å². The SMILES string of the molecule is CC(CN(C(=O)C1CC1c1c(F)cccc1F)C1CC1)C(=O)O. The standard InChI is InChI=1S/C17H19F2NO3/c1-9(17(22)23)8-20(10-5-6-10)16(21)12-7-11(12)15-13(18)3-2-4-14(15)19/h2-4,9-12H,5-8H2,1H3,(H,22,23). The Bertz CT molecular complexity index is 624. The molecule has 0 aliphatic heterocycles. The highest BCUT2D eigenvalue weighted by Gasteiger charge is 2.50. The summed E-state index contributed by atoms with van der Waals surface area (Å²) < 4.78 is 27.6. The molecule has 1 amide bonds. The average Bonchev–Trinajstić information content (AvgIpc) is 3.36. The van der Waals surface area contributed by atoms with Gasteiger partial charge in [-0.15, -0.1) is 0 Å². The average molecular weight is 323 g/mol. The maximum absolute atomic E-state index is 13.8. The van der Waals surface area contributed by atoms with Crippen LogP contribution in [0.15, 0.2) is 18.2 Å². The zero-order chi connectivity index (χ0) is 16.7. The van der Waals surface area contributed by atoms with E-state index in [1.54, 1.807) is 11.8 Å². The Hall–Kier alpha value is -1.98. The summed E-state index contributed by atoms with van der Waals surface area (Å²) in [5.41, 5.74) is -0.0205. The molecule has 0 aromatic heterocycles. The van der Waals surface area contributed by atoms with Gasteiger partial charge in [-0.2, -0.15) is 0 Å². The first-order valence-corrected chi connectivity index (χ1v) is 7.87. The molecule has 2 saturated carbocycles. The predicted octanol–water partition coefficient (Wildman–Crippen LogP) is 2.78. The van der Waals surface area contributed by atoms with Crippen molar-refractivity contribution >= 4 is 11.9 Å². The number of carboxylic acid groups (broad SMARTS) is 1. The van der Waals surface area contributed by atoms with Crippen LogP contribution in [-0.2, 0) is 9.59 Å². The molecule has 1 N–H and O–H groups in total. The summed E-state index contributed by atoms with van der Waals surface area (Å²) in [7, 11) is 0. The minimum absolute atomic E-state index is 0.0205. The molecule has 3 rings (SSSR count). The lowest BCUT2D eigenvalue weighted by atomic mass is 10.1. The second kappa shape index (κ2) is 5.91. The predicted molar refractivity (Wildman–Crippen MR) is 78.7 cm³/mol. The fourth-order valence-corrected chi connectivity index (χ4v) is 3.04. The van der Waals surface area contributed by atoms with Crippen LogP contribution in [-0.4, -0.2) is 34.5 Å². The third-order valence-electron chi connectivity index (χ3n) is 4.64. The zero-order valence-electron chi connectivity index (χ0n) is 12.8. The van der Waals surface area contributed by atoms with Gasteiger partial charge in [0.1, 0.15) is 11.6 Å². The molecular weight excluding hydrogens is 304 g/mol. The van der Waals surface area contributed by atoms with Gasteiger partial charge in [-0.1, -0.05) is 13.0 Å². The number of carboxylic acids is 1. The van der Waals surface area contributed by atoms with Gasteiger partial charge in [0.25, 0.3) is 0 Å². The van der Waals surface area contributed by atoms with Gasteiger partial charge >= 0.3 is 5.97 Å². The number of aliphatic carboxylic acids is 1. The highest BCUT2D eigenvalue weighted by Crippen LogP contribution is 2.51. The number of rotatable bonds is 6. The molecule has 2 aliphatic rings. The molecule has 0 heterocycles. The lowest BCUT2D eigenvalue weighted by molar-refractivity contribution is -0.143. The first-order chi connectivity index (χ1) is 10.9. The quantitative estimate of drug-likeness (QED) is 0.876. The van der Waals surface area contributed by atoms with Gasteiger partial charge in [-0.05, 0) is 31.4 Å². The minimum atomic E-state index is -0.948. The van der Waals surface area contributed by atoms with Gasteiger partial charge in [0, 0.05) is 30.0 Å². The highest BCUT2D eigenvalue weighted by molar-refractivity contribution is 5.84. The van der Waals surface area contributed by atoms with E-state index in [-0.39, 0.29) is 24.1 Å². The zero-order valence-corrected chi connectivity index (χ0v) is 12.8. The van der Waals surface area contributed by atoms with E-state index < -0.39 is 35.4 Å². The van der Waals surface area contributed by atoms with Gasteiger partial charge in [-0.25, -0.2) is 8.78 Å². The number of hydrogen-bond donors (Lipinski definition) is 1. The fourth-order valence-electron chi connectivity index (χ4n) is 3.04. The molecule has 0 radical (unpaired) electrons. The van der Waals surface area contributed by atoms with Crippen LogP contribution in [0.3, 0.4) is 0 Å². The van der Waals surface area contributed by atoms with Crippen LogP contribution in [0.1, 0.15) is 37.7 Å². The Morgan fingerprint density at radius 2 is 1.91 bits per heavy atom. The highest BCUT2D eigenvalue weighted by atomic mass is 19.1. The lowest BCUT2D eigenvalue weighted by Gasteiger charge is -2.24. The van der Waals surface area contributed by atoms with Crippen molar-refractivity contribution in [3.63, 3.8) is 0 Å². The van der Waals surface area contributed by atoms with Crippen molar-refractivity contribution in [3.05, 3.63) is 35.4 Å². The van der Waals surface area contributed by atoms with Crippen molar-refractivity contribution in [3.8, 4) is 0 Å². The van der Waals surface area contributed by atoms with Gasteiger partial charge in [0.15, 0.2) is 0 Å². The summed E-state index contributed by atoms with van der Waals surface area (Å²) in [5.74, 6) is -3.90. The minimum Gasteiger partial charge on any atom is -0.481 e. The molecular formula is C17H19F2NO3. The van der Waals surface area contributed by atoms with Gasteiger partial charge in [0.05, 0.1) is 5.92 Å². The van der Waals surface area contributed by atoms with Crippen molar-refractivity contribution in [2.24, 2.45) is 11.8 Å². The second-order valence-corrected chi connectivity index (χ2v) is 6.55. The maximum Gasteiger partial charge on any atom is 0.308 e. The molecule has 1 aromatic rings. The fraction of sp³-hybridized carbons (Fsp3) is 0.529. The molecule has 3 atom stereocenters. The molecule has 0 saturated heterocycles. The number of carbonyl (C=O) groups excluding carboxylic acids is 1. The van der Waals surface area contributed by atoms with Crippen molar-refractivity contribution in [1.82, 2.24) is 4.90 Å². The largest absolute Gasteiger partial charge is 0.481 e. The third kappa shape index (κ3) is 3.21. The number of carbonyl (C=O) groups is 2. The normalized spacial score (nSPS) is 24.1. The van der Waals surface area contributed by atoms with E-state index in [4.69, 9.17) is 5.11 Å². The Kier molecular flexibility index (Phi) is 4.08. The van der Waals surface area contributed by atoms with Crippen LogP contribution >= 0.6 is 0 Å². The first-order valence-electron chi connectivity index (χ1n) is 7.87. The second-order valence-electron chi connectivity index (χ2n) is 6.55. The third-order valence-corrected chi connectivity index (χ3v) is 4.64. The Morgan fingerprint density at radius 3 is 2.43 bits per heavy atom. The van der Waals surface area contributed by atoms with Crippen LogP contribution in [0, 0.1) is 23.5 Å². The topological polar surface area (TPSA) is 57.6 Å². The Morgan fingerprint density at radius 1 is 1.30 bits per heavy atom. The summed E-state index contributed by atoms with van der Waals surface area (Å²) in [6.45, 7) is 1.72. The van der Waals surface area contributed by atoms with E-state index in [0.717, 1.165) is 12.8 Å². The van der Waals surface area contributed by atoms with Crippen molar-refractivity contribution < 1.29 is 23.5 Å². The molecule has 124 valence electrons. The van der Waals surface area contributed by atoms with E-state index in [0.29, 0.717) is 6.42 Å². The van der Waals surface area contributed by atoms with Crippen molar-refractivity contribution in [2.45, 2.75) is 38.1 Å². The van der Waals surface area contributed by atoms with Crippen LogP contribution in [0.5, 0.6) is 0 Å². The molecule has 23 heavy (non-hydrogen) atoms. The van der Waals surface area contributed by atoms with E-state index in [1.807, 2.05) is 0 Å². The number of halogens is 2. The van der Waals surface area contributed by atoms with E-state index >= 15 is 0 Å². The summed E-state index contributed by atoms with van der Waals surface area (Å²) in [5, 5.41) is 9.03. The summed E-state index contributed by atoms with van der Waals surface area (Å²) >= 11 is 0. The Labute approximate surface area is 133 Å². The smallest absolute Gasteiger partial charge is 0.308 e. The Balaban J connectivity index is 1.72. The number of amides is 1. The first kappa shape index (κ1) is 15.9. The molecule has 1 aromatic carbocycles. The maximum atomic E-state index is 13.8. The van der Waals surface area contributed by atoms with Gasteiger partial charge < -0.3 is 10.0 Å². The van der Waals surface area contributed by atoms with Crippen LogP contribution < -0.4 is 0 Å². The van der Waals surface area contributed by atoms with Crippen LogP contribution in [0.2, 0.25) is 0 Å². The summed E-state index contributed by atoms with van der Waals surface area (Å²) in [6.07, 6.45) is 2.15. The molecule has 0 bridgehead atoms. The molecule has 4 nitrogen and oxygen atoms in total. The number of hydrogen-bond acceptors (Lipinski definition) is 2. The summed E-state index contributed by atoms with van der Waals surface area (Å²) in [4.78, 5) is 25.3. The molecule has 0 spiro atoms.